The van der Waals surface area contributed by atoms with E-state index < -0.39 is 15.9 Å². The lowest BCUT2D eigenvalue weighted by Crippen LogP contribution is -2.50. The van der Waals surface area contributed by atoms with Gasteiger partial charge >= 0.3 is 0 Å². The van der Waals surface area contributed by atoms with Crippen molar-refractivity contribution in [3.63, 3.8) is 0 Å². The predicted molar refractivity (Wildman–Crippen MR) is 122 cm³/mol. The molecule has 1 aromatic heterocycles. The number of amides is 1. The van der Waals surface area contributed by atoms with E-state index in [9.17, 15) is 17.6 Å². The number of hydrogen-bond acceptors (Lipinski definition) is 4. The first-order chi connectivity index (χ1) is 15.4. The van der Waals surface area contributed by atoms with Gasteiger partial charge in [0, 0.05) is 22.5 Å². The molecule has 2 atom stereocenters. The second-order valence-corrected chi connectivity index (χ2v) is 10.9. The molecular formula is C24H26FN3O3S. The molecule has 2 unspecified atom stereocenters. The van der Waals surface area contributed by atoms with Crippen LogP contribution in [0, 0.1) is 5.82 Å². The molecule has 0 spiro atoms. The Morgan fingerprint density at radius 1 is 1.03 bits per heavy atom. The Labute approximate surface area is 186 Å². The Morgan fingerprint density at radius 2 is 1.75 bits per heavy atom. The molecule has 0 saturated carbocycles. The van der Waals surface area contributed by atoms with Crippen LogP contribution in [0.25, 0.3) is 10.9 Å². The number of nitrogens with zero attached hydrogens (tertiary/aromatic N) is 2. The topological polar surface area (TPSA) is 71.4 Å². The summed E-state index contributed by atoms with van der Waals surface area (Å²) in [7, 11) is -3.21. The third-order valence-corrected chi connectivity index (χ3v) is 8.29. The number of nitrogens with one attached hydrogen (secondary N) is 1. The highest BCUT2D eigenvalue weighted by Crippen LogP contribution is 2.25. The quantitative estimate of drug-likeness (QED) is 0.642. The fraction of sp³-hybridized carbons (Fsp3) is 0.375. The van der Waals surface area contributed by atoms with Crippen molar-refractivity contribution in [3.8, 4) is 0 Å². The SMILES string of the molecule is O=C(NC1CS(=O)(=O)CC1N1CCCC1)c1cc2ccccc2n1Cc1ccccc1F. The Hall–Kier alpha value is -2.71. The third kappa shape index (κ3) is 4.04. The normalized spacial score (nSPS) is 23.0. The molecule has 8 heteroatoms. The zero-order valence-electron chi connectivity index (χ0n) is 17.7. The van der Waals surface area contributed by atoms with Crippen molar-refractivity contribution < 1.29 is 17.6 Å². The molecule has 168 valence electrons. The summed E-state index contributed by atoms with van der Waals surface area (Å²) in [5, 5.41) is 3.88. The van der Waals surface area contributed by atoms with Gasteiger partial charge in [0.15, 0.2) is 9.84 Å². The molecule has 1 amide bonds. The summed E-state index contributed by atoms with van der Waals surface area (Å²) in [6, 6.07) is 15.3. The van der Waals surface area contributed by atoms with Crippen molar-refractivity contribution in [2.75, 3.05) is 24.6 Å². The lowest BCUT2D eigenvalue weighted by atomic mass is 10.1. The van der Waals surface area contributed by atoms with Gasteiger partial charge in [0.2, 0.25) is 0 Å². The number of sulfone groups is 1. The van der Waals surface area contributed by atoms with Crippen LogP contribution in [0.2, 0.25) is 0 Å². The monoisotopic (exact) mass is 455 g/mol. The highest BCUT2D eigenvalue weighted by molar-refractivity contribution is 7.91. The van der Waals surface area contributed by atoms with Gasteiger partial charge in [0.25, 0.3) is 5.91 Å². The minimum Gasteiger partial charge on any atom is -0.345 e. The molecular weight excluding hydrogens is 429 g/mol. The number of para-hydroxylation sites is 1. The van der Waals surface area contributed by atoms with Crippen LogP contribution in [0.5, 0.6) is 0 Å². The van der Waals surface area contributed by atoms with E-state index in [0.717, 1.165) is 36.8 Å². The molecule has 0 bridgehead atoms. The molecule has 2 aliphatic rings. The maximum absolute atomic E-state index is 14.4. The molecule has 2 aliphatic heterocycles. The summed E-state index contributed by atoms with van der Waals surface area (Å²) in [4.78, 5) is 15.6. The highest BCUT2D eigenvalue weighted by atomic mass is 32.2. The van der Waals surface area contributed by atoms with Crippen molar-refractivity contribution in [2.45, 2.75) is 31.5 Å². The van der Waals surface area contributed by atoms with E-state index in [0.29, 0.717) is 11.3 Å². The number of rotatable bonds is 5. The molecule has 1 N–H and O–H groups in total. The molecule has 3 aromatic rings. The molecule has 0 radical (unpaired) electrons. The van der Waals surface area contributed by atoms with Gasteiger partial charge in [-0.15, -0.1) is 0 Å². The molecule has 6 nitrogen and oxygen atoms in total. The lowest BCUT2D eigenvalue weighted by Gasteiger charge is -2.28. The van der Waals surface area contributed by atoms with Crippen molar-refractivity contribution in [1.29, 1.82) is 0 Å². The van der Waals surface area contributed by atoms with Crippen molar-refractivity contribution in [2.24, 2.45) is 0 Å². The van der Waals surface area contributed by atoms with Gasteiger partial charge in [0.05, 0.1) is 24.1 Å². The molecule has 0 aliphatic carbocycles. The number of aromatic nitrogens is 1. The molecule has 5 rings (SSSR count). The van der Waals surface area contributed by atoms with E-state index in [1.807, 2.05) is 24.3 Å². The van der Waals surface area contributed by atoms with E-state index in [2.05, 4.69) is 10.2 Å². The Kier molecular flexibility index (Phi) is 5.51. The largest absolute Gasteiger partial charge is 0.345 e. The van der Waals surface area contributed by atoms with Gasteiger partial charge < -0.3 is 9.88 Å². The van der Waals surface area contributed by atoms with Crippen LogP contribution in [-0.4, -0.2) is 60.5 Å². The maximum Gasteiger partial charge on any atom is 0.268 e. The van der Waals surface area contributed by atoms with E-state index in [-0.39, 0.29) is 35.8 Å². The van der Waals surface area contributed by atoms with Gasteiger partial charge in [-0.2, -0.15) is 0 Å². The Morgan fingerprint density at radius 3 is 2.53 bits per heavy atom. The van der Waals surface area contributed by atoms with Crippen molar-refractivity contribution in [3.05, 3.63) is 71.7 Å². The average molecular weight is 456 g/mol. The van der Waals surface area contributed by atoms with Crippen LogP contribution < -0.4 is 5.32 Å². The van der Waals surface area contributed by atoms with Crippen LogP contribution in [0.1, 0.15) is 28.9 Å². The molecule has 3 heterocycles. The number of carbonyl (C=O) groups is 1. The Balaban J connectivity index is 1.47. The standard InChI is InChI=1S/C24H26FN3O3S/c25-19-9-3-1-8-18(19)14-28-21-10-4-2-7-17(21)13-22(28)24(29)26-20-15-32(30,31)16-23(20)27-11-5-6-12-27/h1-4,7-10,13,20,23H,5-6,11-12,14-16H2,(H,26,29). The summed E-state index contributed by atoms with van der Waals surface area (Å²) >= 11 is 0. The second kappa shape index (κ2) is 8.33. The van der Waals surface area contributed by atoms with E-state index >= 15 is 0 Å². The first-order valence-corrected chi connectivity index (χ1v) is 12.8. The van der Waals surface area contributed by atoms with Crippen LogP contribution in [-0.2, 0) is 16.4 Å². The summed E-state index contributed by atoms with van der Waals surface area (Å²) in [6.45, 7) is 1.93. The number of halogens is 1. The van der Waals surface area contributed by atoms with Crippen LogP contribution in [0.3, 0.4) is 0 Å². The number of hydrogen-bond donors (Lipinski definition) is 1. The molecule has 2 fully saturated rings. The second-order valence-electron chi connectivity index (χ2n) is 8.73. The Bertz CT molecular complexity index is 1260. The summed E-state index contributed by atoms with van der Waals surface area (Å²) in [5.74, 6) is -0.625. The summed E-state index contributed by atoms with van der Waals surface area (Å²) in [5.41, 5.74) is 1.72. The number of carbonyl (C=O) groups excluding carboxylic acids is 1. The average Bonchev–Trinajstić information content (AvgIpc) is 3.48. The molecule has 2 saturated heterocycles. The van der Waals surface area contributed by atoms with Crippen LogP contribution in [0.15, 0.2) is 54.6 Å². The van der Waals surface area contributed by atoms with Crippen molar-refractivity contribution in [1.82, 2.24) is 14.8 Å². The lowest BCUT2D eigenvalue weighted by molar-refractivity contribution is 0.0910. The fourth-order valence-corrected chi connectivity index (χ4v) is 6.96. The maximum atomic E-state index is 14.4. The van der Waals surface area contributed by atoms with E-state index in [4.69, 9.17) is 0 Å². The summed E-state index contributed by atoms with van der Waals surface area (Å²) in [6.07, 6.45) is 2.10. The van der Waals surface area contributed by atoms with Gasteiger partial charge in [-0.05, 0) is 44.1 Å². The van der Waals surface area contributed by atoms with Gasteiger partial charge in [-0.1, -0.05) is 36.4 Å². The minimum absolute atomic E-state index is 0.0482. The van der Waals surface area contributed by atoms with E-state index in [1.165, 1.54) is 6.07 Å². The van der Waals surface area contributed by atoms with Gasteiger partial charge in [0.1, 0.15) is 11.5 Å². The fourth-order valence-electron chi connectivity index (χ4n) is 5.01. The van der Waals surface area contributed by atoms with Gasteiger partial charge in [-0.25, -0.2) is 12.8 Å². The smallest absolute Gasteiger partial charge is 0.268 e. The first-order valence-electron chi connectivity index (χ1n) is 11.0. The third-order valence-electron chi connectivity index (χ3n) is 6.58. The molecule has 32 heavy (non-hydrogen) atoms. The first kappa shape index (κ1) is 21.2. The zero-order valence-corrected chi connectivity index (χ0v) is 18.5. The highest BCUT2D eigenvalue weighted by Gasteiger charge is 2.42. The predicted octanol–water partition coefficient (Wildman–Crippen LogP) is 2.82. The van der Waals surface area contributed by atoms with Crippen molar-refractivity contribution >= 4 is 26.6 Å². The van der Waals surface area contributed by atoms with Crippen LogP contribution in [0.4, 0.5) is 4.39 Å². The zero-order chi connectivity index (χ0) is 22.3. The number of fused-ring (bicyclic) bond motifs is 1. The van der Waals surface area contributed by atoms with Crippen LogP contribution >= 0.6 is 0 Å². The van der Waals surface area contributed by atoms with Gasteiger partial charge in [-0.3, -0.25) is 9.69 Å². The summed E-state index contributed by atoms with van der Waals surface area (Å²) < 4.78 is 40.9. The van der Waals surface area contributed by atoms with E-state index in [1.54, 1.807) is 28.8 Å². The number of benzene rings is 2. The number of likely N-dealkylation sites (tertiary alicyclic amines) is 1. The minimum atomic E-state index is -3.21. The molecule has 2 aromatic carbocycles.